The van der Waals surface area contributed by atoms with Gasteiger partial charge in [-0.1, -0.05) is 11.6 Å². The van der Waals surface area contributed by atoms with E-state index in [2.05, 4.69) is 11.1 Å². The molecule has 0 spiro atoms. The Kier molecular flexibility index (Phi) is 2.14. The lowest BCUT2D eigenvalue weighted by Crippen LogP contribution is -1.95. The Morgan fingerprint density at radius 3 is 3.07 bits per heavy atom. The van der Waals surface area contributed by atoms with Gasteiger partial charge in [0, 0.05) is 6.20 Å². The highest BCUT2D eigenvalue weighted by Crippen LogP contribution is 2.18. The number of fused-ring (bicyclic) bond motifs is 1. The van der Waals surface area contributed by atoms with E-state index in [9.17, 15) is 0 Å². The van der Waals surface area contributed by atoms with E-state index in [0.717, 1.165) is 11.3 Å². The minimum Gasteiger partial charge on any atom is -0.301 e. The van der Waals surface area contributed by atoms with Crippen molar-refractivity contribution in [1.82, 2.24) is 9.38 Å². The van der Waals surface area contributed by atoms with E-state index in [1.54, 1.807) is 18.5 Å². The lowest BCUT2D eigenvalue weighted by atomic mass is 10.1. The molecule has 2 aromatic heterocycles. The van der Waals surface area contributed by atoms with Gasteiger partial charge in [-0.15, -0.1) is 0 Å². The van der Waals surface area contributed by atoms with E-state index in [0.29, 0.717) is 5.02 Å². The van der Waals surface area contributed by atoms with Gasteiger partial charge in [0.25, 0.3) is 0 Å². The van der Waals surface area contributed by atoms with Crippen LogP contribution in [-0.4, -0.2) is 9.38 Å². The third kappa shape index (κ3) is 1.34. The standard InChI is InChI=1S/C10H8ClN3/c1-7(4-12)9-5-13-10-3-2-8(11)6-14(9)10/h2-3,5-7H,1H3. The Morgan fingerprint density at radius 1 is 1.57 bits per heavy atom. The van der Waals surface area contributed by atoms with Crippen LogP contribution in [0.4, 0.5) is 0 Å². The fraction of sp³-hybridized carbons (Fsp3) is 0.200. The van der Waals surface area contributed by atoms with Crippen molar-refractivity contribution in [1.29, 1.82) is 5.26 Å². The number of hydrogen-bond acceptors (Lipinski definition) is 2. The molecule has 1 unspecified atom stereocenters. The van der Waals surface area contributed by atoms with Crippen LogP contribution in [0.5, 0.6) is 0 Å². The largest absolute Gasteiger partial charge is 0.301 e. The van der Waals surface area contributed by atoms with Crippen molar-refractivity contribution in [3.05, 3.63) is 35.2 Å². The number of hydrogen-bond donors (Lipinski definition) is 0. The molecular weight excluding hydrogens is 198 g/mol. The molecule has 2 heterocycles. The second-order valence-corrected chi connectivity index (χ2v) is 3.55. The highest BCUT2D eigenvalue weighted by Gasteiger charge is 2.09. The van der Waals surface area contributed by atoms with Crippen LogP contribution in [-0.2, 0) is 0 Å². The molecule has 3 nitrogen and oxygen atoms in total. The van der Waals surface area contributed by atoms with Crippen molar-refractivity contribution in [3.8, 4) is 6.07 Å². The maximum Gasteiger partial charge on any atom is 0.137 e. The van der Waals surface area contributed by atoms with Crippen LogP contribution < -0.4 is 0 Å². The van der Waals surface area contributed by atoms with E-state index >= 15 is 0 Å². The highest BCUT2D eigenvalue weighted by atomic mass is 35.5. The first kappa shape index (κ1) is 9.04. The zero-order valence-corrected chi connectivity index (χ0v) is 8.36. The summed E-state index contributed by atoms with van der Waals surface area (Å²) >= 11 is 5.86. The minimum atomic E-state index is -0.177. The predicted molar refractivity (Wildman–Crippen MR) is 54.2 cm³/mol. The molecule has 0 aromatic carbocycles. The molecule has 0 radical (unpaired) electrons. The van der Waals surface area contributed by atoms with E-state index in [-0.39, 0.29) is 5.92 Å². The molecule has 0 bridgehead atoms. The van der Waals surface area contributed by atoms with Crippen LogP contribution in [0.2, 0.25) is 5.02 Å². The van der Waals surface area contributed by atoms with E-state index in [1.807, 2.05) is 17.4 Å². The fourth-order valence-electron chi connectivity index (χ4n) is 1.36. The number of aromatic nitrogens is 2. The van der Waals surface area contributed by atoms with Crippen molar-refractivity contribution in [2.45, 2.75) is 12.8 Å². The molecule has 0 fully saturated rings. The van der Waals surface area contributed by atoms with Gasteiger partial charge in [-0.3, -0.25) is 0 Å². The highest BCUT2D eigenvalue weighted by molar-refractivity contribution is 6.30. The topological polar surface area (TPSA) is 41.1 Å². The van der Waals surface area contributed by atoms with Gasteiger partial charge in [0.15, 0.2) is 0 Å². The van der Waals surface area contributed by atoms with Crippen LogP contribution >= 0.6 is 11.6 Å². The van der Waals surface area contributed by atoms with Crippen LogP contribution in [0.15, 0.2) is 24.5 Å². The Bertz CT molecular complexity index is 510. The summed E-state index contributed by atoms with van der Waals surface area (Å²) in [5.41, 5.74) is 1.68. The van der Waals surface area contributed by atoms with E-state index < -0.39 is 0 Å². The molecule has 0 amide bonds. The smallest absolute Gasteiger partial charge is 0.137 e. The third-order valence-electron chi connectivity index (χ3n) is 2.14. The summed E-state index contributed by atoms with van der Waals surface area (Å²) in [5.74, 6) is -0.177. The Morgan fingerprint density at radius 2 is 2.36 bits per heavy atom. The summed E-state index contributed by atoms with van der Waals surface area (Å²) in [4.78, 5) is 4.18. The lowest BCUT2D eigenvalue weighted by molar-refractivity contribution is 0.898. The van der Waals surface area contributed by atoms with Crippen molar-refractivity contribution in [3.63, 3.8) is 0 Å². The monoisotopic (exact) mass is 205 g/mol. The number of nitriles is 1. The summed E-state index contributed by atoms with van der Waals surface area (Å²) in [6.45, 7) is 1.84. The first-order valence-electron chi connectivity index (χ1n) is 4.24. The van der Waals surface area contributed by atoms with Crippen LogP contribution in [0, 0.1) is 11.3 Å². The number of nitrogens with zero attached hydrogens (tertiary/aromatic N) is 3. The molecule has 0 saturated heterocycles. The van der Waals surface area contributed by atoms with Crippen molar-refractivity contribution in [2.75, 3.05) is 0 Å². The molecule has 2 aromatic rings. The van der Waals surface area contributed by atoms with Gasteiger partial charge >= 0.3 is 0 Å². The predicted octanol–water partition coefficient (Wildman–Crippen LogP) is 2.61. The summed E-state index contributed by atoms with van der Waals surface area (Å²) < 4.78 is 1.84. The van der Waals surface area contributed by atoms with Crippen LogP contribution in [0.1, 0.15) is 18.5 Å². The Balaban J connectivity index is 2.68. The molecule has 1 atom stereocenters. The number of imidazole rings is 1. The van der Waals surface area contributed by atoms with Crippen molar-refractivity contribution >= 4 is 17.2 Å². The fourth-order valence-corrected chi connectivity index (χ4v) is 1.52. The van der Waals surface area contributed by atoms with Crippen molar-refractivity contribution < 1.29 is 0 Å². The van der Waals surface area contributed by atoms with Gasteiger partial charge in [-0.2, -0.15) is 5.26 Å². The minimum absolute atomic E-state index is 0.177. The molecule has 0 N–H and O–H groups in total. The zero-order chi connectivity index (χ0) is 10.1. The second-order valence-electron chi connectivity index (χ2n) is 3.11. The molecule has 0 aliphatic carbocycles. The maximum atomic E-state index is 8.81. The summed E-state index contributed by atoms with van der Waals surface area (Å²) in [6, 6.07) is 5.79. The zero-order valence-electron chi connectivity index (χ0n) is 7.61. The normalized spacial score (nSPS) is 12.6. The molecule has 70 valence electrons. The van der Waals surface area contributed by atoms with Gasteiger partial charge in [-0.25, -0.2) is 4.98 Å². The molecule has 0 saturated carbocycles. The van der Waals surface area contributed by atoms with Crippen molar-refractivity contribution in [2.24, 2.45) is 0 Å². The summed E-state index contributed by atoms with van der Waals surface area (Å²) in [6.07, 6.45) is 3.48. The number of halogens is 1. The Labute approximate surface area is 86.6 Å². The van der Waals surface area contributed by atoms with Gasteiger partial charge in [-0.05, 0) is 19.1 Å². The first-order valence-corrected chi connectivity index (χ1v) is 4.62. The van der Waals surface area contributed by atoms with E-state index in [1.165, 1.54) is 0 Å². The van der Waals surface area contributed by atoms with Gasteiger partial charge in [0.2, 0.25) is 0 Å². The van der Waals surface area contributed by atoms with Gasteiger partial charge < -0.3 is 4.40 Å². The molecule has 0 aliphatic heterocycles. The third-order valence-corrected chi connectivity index (χ3v) is 2.36. The van der Waals surface area contributed by atoms with Crippen LogP contribution in [0.3, 0.4) is 0 Å². The SMILES string of the molecule is CC(C#N)c1cnc2ccc(Cl)cn12. The van der Waals surface area contributed by atoms with E-state index in [4.69, 9.17) is 16.9 Å². The second kappa shape index (κ2) is 3.32. The first-order chi connectivity index (χ1) is 6.72. The number of pyridine rings is 1. The van der Waals surface area contributed by atoms with Crippen LogP contribution in [0.25, 0.3) is 5.65 Å². The average molecular weight is 206 g/mol. The van der Waals surface area contributed by atoms with Gasteiger partial charge in [0.1, 0.15) is 5.65 Å². The molecule has 0 aliphatic rings. The Hall–Kier alpha value is -1.53. The molecule has 4 heteroatoms. The molecule has 14 heavy (non-hydrogen) atoms. The summed E-state index contributed by atoms with van der Waals surface area (Å²) in [7, 11) is 0. The molecular formula is C10H8ClN3. The quantitative estimate of drug-likeness (QED) is 0.718. The summed E-state index contributed by atoms with van der Waals surface area (Å²) in [5, 5.41) is 9.45. The number of rotatable bonds is 1. The average Bonchev–Trinajstić information content (AvgIpc) is 2.59. The lowest BCUT2D eigenvalue weighted by Gasteiger charge is -2.02. The molecule has 2 rings (SSSR count). The maximum absolute atomic E-state index is 8.81. The van der Waals surface area contributed by atoms with Gasteiger partial charge in [0.05, 0.1) is 28.9 Å².